The van der Waals surface area contributed by atoms with Gasteiger partial charge in [0.2, 0.25) is 0 Å². The molecule has 0 aromatic rings. The number of carboxylic acid groups (broad SMARTS) is 2. The Morgan fingerprint density at radius 3 is 1.76 bits per heavy atom. The molecule has 2 atom stereocenters. The summed E-state index contributed by atoms with van der Waals surface area (Å²) in [5, 5.41) is 36.5. The van der Waals surface area contributed by atoms with Crippen LogP contribution in [0.25, 0.3) is 0 Å². The van der Waals surface area contributed by atoms with E-state index in [1.165, 1.54) is 13.8 Å². The molecule has 0 aliphatic heterocycles. The summed E-state index contributed by atoms with van der Waals surface area (Å²) in [7, 11) is 0. The zero-order chi connectivity index (χ0) is 12.9. The standard InChI is InChI=1S/C10H18O6.Ca.2H/c1-6(11)10(7(2)12,5-9(15)16)4-3-8(13)14;;;/h6-7,11-12H,3-5H2,1-2H3,(H,13,14)(H,15,16);;;/q;+2;2*-1. The van der Waals surface area contributed by atoms with E-state index in [1.54, 1.807) is 0 Å². The predicted molar refractivity (Wildman–Crippen MR) is 62.9 cm³/mol. The van der Waals surface area contributed by atoms with Crippen molar-refractivity contribution in [1.29, 1.82) is 0 Å². The Labute approximate surface area is 133 Å². The van der Waals surface area contributed by atoms with E-state index >= 15 is 0 Å². The molecule has 17 heavy (non-hydrogen) atoms. The van der Waals surface area contributed by atoms with Crippen LogP contribution in [0.3, 0.4) is 0 Å². The largest absolute Gasteiger partial charge is 2.00 e. The normalized spacial score (nSPS) is 17.4. The maximum atomic E-state index is 10.7. The summed E-state index contributed by atoms with van der Waals surface area (Å²) in [6.45, 7) is 2.72. The maximum absolute atomic E-state index is 10.7. The molecule has 98 valence electrons. The van der Waals surface area contributed by atoms with Gasteiger partial charge in [0.25, 0.3) is 0 Å². The van der Waals surface area contributed by atoms with Gasteiger partial charge in [-0.15, -0.1) is 0 Å². The van der Waals surface area contributed by atoms with Crippen LogP contribution in [0.4, 0.5) is 0 Å². The average molecular weight is 276 g/mol. The summed E-state index contributed by atoms with van der Waals surface area (Å²) in [6, 6.07) is 0. The van der Waals surface area contributed by atoms with Gasteiger partial charge in [0.15, 0.2) is 0 Å². The first-order valence-electron chi connectivity index (χ1n) is 5.02. The molecule has 0 heterocycles. The monoisotopic (exact) mass is 276 g/mol. The summed E-state index contributed by atoms with van der Waals surface area (Å²) >= 11 is 0. The molecule has 0 aliphatic rings. The molecule has 0 radical (unpaired) electrons. The Kier molecular flexibility index (Phi) is 9.46. The molecular weight excluding hydrogens is 256 g/mol. The third kappa shape index (κ3) is 6.01. The molecule has 0 saturated carbocycles. The van der Waals surface area contributed by atoms with E-state index in [0.717, 1.165) is 0 Å². The molecule has 0 bridgehead atoms. The quantitative estimate of drug-likeness (QED) is 0.483. The van der Waals surface area contributed by atoms with Gasteiger partial charge in [-0.3, -0.25) is 9.59 Å². The van der Waals surface area contributed by atoms with E-state index in [9.17, 15) is 19.8 Å². The van der Waals surface area contributed by atoms with Crippen molar-refractivity contribution >= 4 is 49.7 Å². The van der Waals surface area contributed by atoms with E-state index < -0.39 is 36.0 Å². The van der Waals surface area contributed by atoms with Crippen molar-refractivity contribution < 1.29 is 32.9 Å². The minimum Gasteiger partial charge on any atom is -1.00 e. The Morgan fingerprint density at radius 2 is 1.53 bits per heavy atom. The van der Waals surface area contributed by atoms with E-state index in [2.05, 4.69) is 0 Å². The maximum Gasteiger partial charge on any atom is 2.00 e. The molecule has 0 aromatic heterocycles. The van der Waals surface area contributed by atoms with E-state index in [0.29, 0.717) is 0 Å². The molecule has 0 rings (SSSR count). The van der Waals surface area contributed by atoms with Crippen molar-refractivity contribution in [3.8, 4) is 0 Å². The van der Waals surface area contributed by atoms with Crippen molar-refractivity contribution in [3.05, 3.63) is 0 Å². The van der Waals surface area contributed by atoms with Gasteiger partial charge < -0.3 is 23.3 Å². The van der Waals surface area contributed by atoms with Gasteiger partial charge in [0.1, 0.15) is 0 Å². The molecule has 7 heteroatoms. The van der Waals surface area contributed by atoms with Crippen LogP contribution >= 0.6 is 0 Å². The van der Waals surface area contributed by atoms with Crippen LogP contribution in [0.2, 0.25) is 0 Å². The molecule has 0 saturated heterocycles. The second-order valence-corrected chi connectivity index (χ2v) is 4.05. The van der Waals surface area contributed by atoms with Crippen LogP contribution in [-0.4, -0.2) is 82.3 Å². The third-order valence-corrected chi connectivity index (χ3v) is 2.95. The minimum atomic E-state index is -1.32. The fourth-order valence-corrected chi connectivity index (χ4v) is 1.77. The number of carboxylic acids is 2. The third-order valence-electron chi connectivity index (χ3n) is 2.95. The summed E-state index contributed by atoms with van der Waals surface area (Å²) in [5.74, 6) is -2.26. The number of aliphatic hydroxyl groups is 2. The Balaban J connectivity index is -0.000000375. The van der Waals surface area contributed by atoms with Crippen molar-refractivity contribution in [1.82, 2.24) is 0 Å². The molecule has 0 spiro atoms. The number of rotatable bonds is 7. The van der Waals surface area contributed by atoms with Gasteiger partial charge in [-0.2, -0.15) is 0 Å². The summed E-state index contributed by atoms with van der Waals surface area (Å²) < 4.78 is 0. The fourth-order valence-electron chi connectivity index (χ4n) is 1.77. The second-order valence-electron chi connectivity index (χ2n) is 4.05. The second kappa shape index (κ2) is 8.26. The van der Waals surface area contributed by atoms with Crippen LogP contribution < -0.4 is 0 Å². The Hall–Kier alpha value is 0.120. The first-order chi connectivity index (χ1) is 7.22. The molecule has 4 N–H and O–H groups in total. The molecule has 0 amide bonds. The van der Waals surface area contributed by atoms with Crippen molar-refractivity contribution in [2.45, 2.75) is 45.3 Å². The van der Waals surface area contributed by atoms with Gasteiger partial charge in [-0.05, 0) is 20.3 Å². The average Bonchev–Trinajstić information content (AvgIpc) is 2.10. The first-order valence-corrected chi connectivity index (χ1v) is 5.02. The number of hydrogen-bond donors (Lipinski definition) is 4. The topological polar surface area (TPSA) is 115 Å². The first kappa shape index (κ1) is 19.5. The van der Waals surface area contributed by atoms with Crippen LogP contribution in [0.15, 0.2) is 0 Å². The zero-order valence-corrected chi connectivity index (χ0v) is 12.3. The van der Waals surface area contributed by atoms with Crippen molar-refractivity contribution in [3.63, 3.8) is 0 Å². The SMILES string of the molecule is CC(O)C(CCC(=O)O)(CC(=O)O)C(C)O.[Ca+2].[H-].[H-]. The Morgan fingerprint density at radius 1 is 1.12 bits per heavy atom. The number of carbonyl (C=O) groups is 2. The number of hydrogen-bond acceptors (Lipinski definition) is 4. The van der Waals surface area contributed by atoms with Gasteiger partial charge in [0, 0.05) is 11.8 Å². The van der Waals surface area contributed by atoms with Gasteiger partial charge in [-0.25, -0.2) is 0 Å². The van der Waals surface area contributed by atoms with Crippen LogP contribution in [0.1, 0.15) is 36.0 Å². The van der Waals surface area contributed by atoms with Crippen LogP contribution in [0.5, 0.6) is 0 Å². The smallest absolute Gasteiger partial charge is 1.00 e. The fraction of sp³-hybridized carbons (Fsp3) is 0.800. The van der Waals surface area contributed by atoms with E-state index in [1.807, 2.05) is 0 Å². The van der Waals surface area contributed by atoms with Gasteiger partial charge in [0.05, 0.1) is 18.6 Å². The van der Waals surface area contributed by atoms with Crippen molar-refractivity contribution in [2.24, 2.45) is 5.41 Å². The number of aliphatic carboxylic acids is 2. The molecule has 6 nitrogen and oxygen atoms in total. The summed E-state index contributed by atoms with van der Waals surface area (Å²) in [6.07, 6.45) is -3.02. The summed E-state index contributed by atoms with van der Waals surface area (Å²) in [5.41, 5.74) is -1.32. The van der Waals surface area contributed by atoms with Crippen molar-refractivity contribution in [2.75, 3.05) is 0 Å². The molecule has 0 aliphatic carbocycles. The molecule has 0 aromatic carbocycles. The number of aliphatic hydroxyl groups excluding tert-OH is 2. The van der Waals surface area contributed by atoms with Gasteiger partial charge in [-0.1, -0.05) is 0 Å². The Bertz CT molecular complexity index is 265. The van der Waals surface area contributed by atoms with E-state index in [-0.39, 0.29) is 53.4 Å². The summed E-state index contributed by atoms with van der Waals surface area (Å²) in [4.78, 5) is 21.2. The zero-order valence-electron chi connectivity index (χ0n) is 12.1. The van der Waals surface area contributed by atoms with Crippen LogP contribution in [-0.2, 0) is 9.59 Å². The van der Waals surface area contributed by atoms with Gasteiger partial charge >= 0.3 is 49.7 Å². The minimum absolute atomic E-state index is 0. The van der Waals surface area contributed by atoms with Crippen LogP contribution in [0, 0.1) is 5.41 Å². The molecular formula is C10H20CaO6. The van der Waals surface area contributed by atoms with E-state index in [4.69, 9.17) is 10.2 Å². The molecule has 2 unspecified atom stereocenters. The molecule has 0 fully saturated rings. The predicted octanol–water partition coefficient (Wildman–Crippen LogP) is -0.0819.